The lowest BCUT2D eigenvalue weighted by Gasteiger charge is -2.18. The van der Waals surface area contributed by atoms with Crippen molar-refractivity contribution in [3.8, 4) is 5.75 Å². The number of hydrogen-bond donors (Lipinski definition) is 0. The average Bonchev–Trinajstić information content (AvgIpc) is 3.22. The average molecular weight is 545 g/mol. The third-order valence-electron chi connectivity index (χ3n) is 4.58. The lowest BCUT2D eigenvalue weighted by Crippen LogP contribution is -2.16. The van der Waals surface area contributed by atoms with Crippen LogP contribution < -0.4 is 4.74 Å². The van der Waals surface area contributed by atoms with E-state index < -0.39 is 16.8 Å². The summed E-state index contributed by atoms with van der Waals surface area (Å²) in [6.07, 6.45) is 0. The number of rotatable bonds is 3. The van der Waals surface area contributed by atoms with Gasteiger partial charge in [-0.2, -0.15) is 0 Å². The summed E-state index contributed by atoms with van der Waals surface area (Å²) in [4.78, 5) is 17.1. The summed E-state index contributed by atoms with van der Waals surface area (Å²) in [5, 5.41) is 0. The predicted octanol–water partition coefficient (Wildman–Crippen LogP) is 5.68. The molecule has 0 atom stereocenters. The maximum atomic E-state index is 13.0. The number of carbonyl (C=O) groups is 1. The summed E-state index contributed by atoms with van der Waals surface area (Å²) in [5.41, 5.74) is 0. The molecule has 1 aromatic heterocycles. The van der Waals surface area contributed by atoms with Gasteiger partial charge in [-0.25, -0.2) is 9.00 Å². The van der Waals surface area contributed by atoms with Gasteiger partial charge in [-0.15, -0.1) is 0 Å². The first kappa shape index (κ1) is 19.6. The molecule has 0 aliphatic carbocycles. The van der Waals surface area contributed by atoms with Crippen molar-refractivity contribution < 1.29 is 18.2 Å². The van der Waals surface area contributed by atoms with E-state index in [0.717, 1.165) is 24.5 Å². The van der Waals surface area contributed by atoms with Gasteiger partial charge in [0.25, 0.3) is 0 Å². The molecule has 0 N–H and O–H groups in total. The minimum atomic E-state index is -1.19. The van der Waals surface area contributed by atoms with Crippen LogP contribution in [-0.4, -0.2) is 10.2 Å². The van der Waals surface area contributed by atoms with E-state index in [0.29, 0.717) is 9.52 Å². The quantitative estimate of drug-likeness (QED) is 0.127. The van der Waals surface area contributed by atoms with Crippen LogP contribution in [0.15, 0.2) is 114 Å². The van der Waals surface area contributed by atoms with Crippen molar-refractivity contribution in [1.29, 1.82) is 0 Å². The first-order valence-corrected chi connectivity index (χ1v) is 12.5. The molecule has 1 aliphatic heterocycles. The SMILES string of the molecule is O=C(Oc1ccc([S+]2c3ccccc3S(=O)c3ccccc32)cc1)c1ccc(I)o1. The Kier molecular flexibility index (Phi) is 5.26. The fraction of sp³-hybridized carbons (Fsp3) is 0. The van der Waals surface area contributed by atoms with E-state index in [1.807, 2.05) is 83.3 Å². The van der Waals surface area contributed by atoms with Gasteiger partial charge in [0.15, 0.2) is 18.5 Å². The fourth-order valence-electron chi connectivity index (χ4n) is 3.26. The van der Waals surface area contributed by atoms with E-state index >= 15 is 0 Å². The fourth-order valence-corrected chi connectivity index (χ4v) is 7.89. The summed E-state index contributed by atoms with van der Waals surface area (Å²) < 4.78 is 24.4. The Morgan fingerprint density at radius 2 is 1.43 bits per heavy atom. The number of halogens is 1. The molecule has 4 aromatic rings. The van der Waals surface area contributed by atoms with Crippen LogP contribution in [0.1, 0.15) is 10.6 Å². The lowest BCUT2D eigenvalue weighted by molar-refractivity contribution is 0.0699. The van der Waals surface area contributed by atoms with Crippen molar-refractivity contribution in [2.45, 2.75) is 24.5 Å². The normalized spacial score (nSPS) is 17.1. The summed E-state index contributed by atoms with van der Waals surface area (Å²) >= 11 is 2.00. The summed E-state index contributed by atoms with van der Waals surface area (Å²) in [6, 6.07) is 26.5. The number of esters is 1. The zero-order valence-corrected chi connectivity index (χ0v) is 19.2. The summed E-state index contributed by atoms with van der Waals surface area (Å²) in [6.45, 7) is 0. The van der Waals surface area contributed by atoms with Crippen LogP contribution in [0, 0.1) is 3.77 Å². The minimum absolute atomic E-state index is 0.169. The van der Waals surface area contributed by atoms with Crippen LogP contribution in [0.2, 0.25) is 0 Å². The molecule has 0 spiro atoms. The van der Waals surface area contributed by atoms with Crippen LogP contribution in [0.5, 0.6) is 5.75 Å². The van der Waals surface area contributed by atoms with Gasteiger partial charge < -0.3 is 9.15 Å². The van der Waals surface area contributed by atoms with Crippen LogP contribution in [-0.2, 0) is 21.7 Å². The first-order valence-electron chi connectivity index (χ1n) is 9.03. The number of ether oxygens (including phenoxy) is 1. The van der Waals surface area contributed by atoms with E-state index in [1.54, 1.807) is 24.3 Å². The van der Waals surface area contributed by atoms with Crippen LogP contribution >= 0.6 is 22.6 Å². The number of fused-ring (bicyclic) bond motifs is 2. The molecule has 0 fully saturated rings. The Labute approximate surface area is 192 Å². The summed E-state index contributed by atoms with van der Waals surface area (Å²) in [7, 11) is -1.57. The highest BCUT2D eigenvalue weighted by Gasteiger charge is 2.40. The van der Waals surface area contributed by atoms with Gasteiger partial charge in [0.2, 0.25) is 5.76 Å². The second kappa shape index (κ2) is 8.05. The van der Waals surface area contributed by atoms with Gasteiger partial charge in [-0.3, -0.25) is 0 Å². The molecule has 0 bridgehead atoms. The summed E-state index contributed by atoms with van der Waals surface area (Å²) in [5.74, 6) is 0.0840. The molecule has 0 unspecified atom stereocenters. The maximum Gasteiger partial charge on any atom is 0.379 e. The number of hydrogen-bond acceptors (Lipinski definition) is 4. The van der Waals surface area contributed by atoms with Crippen molar-refractivity contribution in [2.75, 3.05) is 0 Å². The molecular formula is C23H14IO4S2+. The number of furan rings is 1. The highest BCUT2D eigenvalue weighted by atomic mass is 127. The molecule has 0 saturated heterocycles. The Bertz CT molecular complexity index is 1230. The molecule has 7 heteroatoms. The van der Waals surface area contributed by atoms with Crippen molar-refractivity contribution >= 4 is 50.3 Å². The van der Waals surface area contributed by atoms with Crippen molar-refractivity contribution in [1.82, 2.24) is 0 Å². The molecule has 0 radical (unpaired) electrons. The van der Waals surface area contributed by atoms with E-state index in [4.69, 9.17) is 9.15 Å². The minimum Gasteiger partial charge on any atom is -0.443 e. The van der Waals surface area contributed by atoms with Crippen LogP contribution in [0.3, 0.4) is 0 Å². The van der Waals surface area contributed by atoms with Crippen molar-refractivity contribution in [2.24, 2.45) is 0 Å². The molecule has 4 nitrogen and oxygen atoms in total. The Morgan fingerprint density at radius 1 is 0.833 bits per heavy atom. The third-order valence-corrected chi connectivity index (χ3v) is 9.27. The van der Waals surface area contributed by atoms with Gasteiger partial charge >= 0.3 is 5.97 Å². The van der Waals surface area contributed by atoms with Crippen molar-refractivity contribution in [3.05, 3.63) is 94.5 Å². The zero-order chi connectivity index (χ0) is 20.7. The topological polar surface area (TPSA) is 56.5 Å². The van der Waals surface area contributed by atoms with Gasteiger partial charge in [0.05, 0.1) is 20.6 Å². The lowest BCUT2D eigenvalue weighted by atomic mass is 10.3. The second-order valence-electron chi connectivity index (χ2n) is 6.43. The largest absolute Gasteiger partial charge is 0.443 e. The Morgan fingerprint density at radius 3 is 2.00 bits per heavy atom. The van der Waals surface area contributed by atoms with Crippen LogP contribution in [0.4, 0.5) is 0 Å². The highest BCUT2D eigenvalue weighted by molar-refractivity contribution is 14.1. The monoisotopic (exact) mass is 545 g/mol. The molecule has 2 heterocycles. The van der Waals surface area contributed by atoms with Gasteiger partial charge in [0.1, 0.15) is 16.6 Å². The van der Waals surface area contributed by atoms with E-state index in [2.05, 4.69) is 0 Å². The van der Waals surface area contributed by atoms with Gasteiger partial charge in [-0.1, -0.05) is 24.3 Å². The van der Waals surface area contributed by atoms with E-state index in [1.165, 1.54) is 0 Å². The maximum absolute atomic E-state index is 13.0. The molecule has 3 aromatic carbocycles. The van der Waals surface area contributed by atoms with Crippen molar-refractivity contribution in [3.63, 3.8) is 0 Å². The molecule has 0 amide bonds. The highest BCUT2D eigenvalue weighted by Crippen LogP contribution is 2.43. The zero-order valence-electron chi connectivity index (χ0n) is 15.4. The molecule has 5 rings (SSSR count). The van der Waals surface area contributed by atoms with Gasteiger partial charge in [0, 0.05) is 0 Å². The van der Waals surface area contributed by atoms with Crippen LogP contribution in [0.25, 0.3) is 0 Å². The molecule has 0 saturated carbocycles. The Balaban J connectivity index is 1.50. The molecule has 1 aliphatic rings. The first-order chi connectivity index (χ1) is 14.6. The molecule has 30 heavy (non-hydrogen) atoms. The number of benzene rings is 3. The molecule has 148 valence electrons. The smallest absolute Gasteiger partial charge is 0.379 e. The van der Waals surface area contributed by atoms with E-state index in [9.17, 15) is 9.00 Å². The third kappa shape index (κ3) is 3.51. The molecular weight excluding hydrogens is 531 g/mol. The predicted molar refractivity (Wildman–Crippen MR) is 123 cm³/mol. The van der Waals surface area contributed by atoms with Gasteiger partial charge in [-0.05, 0) is 83.3 Å². The van der Waals surface area contributed by atoms with E-state index in [-0.39, 0.29) is 16.7 Å². The standard InChI is InChI=1S/C23H14IO4S2/c24-22-14-13-17(28-22)23(25)27-15-9-11-16(12-10-15)29-18-5-1-3-7-20(18)30(26)21-8-4-2-6-19(21)29/h1-14H/q+1. The number of carbonyl (C=O) groups excluding carboxylic acids is 1. The second-order valence-corrected chi connectivity index (χ2v) is 10.9. The Hall–Kier alpha value is -2.36.